The molecule has 0 aliphatic carbocycles. The number of amides is 4. The molecule has 0 unspecified atom stereocenters. The smallest absolute Gasteiger partial charge is 0.323 e. The number of esters is 1. The Morgan fingerprint density at radius 3 is 2.66 bits per heavy atom. The molecule has 0 spiro atoms. The molecule has 0 bridgehead atoms. The molecule has 3 rings (SSSR count). The molecule has 32 heavy (non-hydrogen) atoms. The molecule has 2 heterocycles. The summed E-state index contributed by atoms with van der Waals surface area (Å²) in [6.45, 7) is 2.90. The van der Waals surface area contributed by atoms with Gasteiger partial charge in [0.2, 0.25) is 11.8 Å². The summed E-state index contributed by atoms with van der Waals surface area (Å²) in [5.41, 5.74) is 1.16. The molecule has 4 amide bonds. The lowest BCUT2D eigenvalue weighted by Crippen LogP contribution is -2.55. The van der Waals surface area contributed by atoms with Crippen LogP contribution in [0, 0.1) is 5.92 Å². The fraction of sp³-hybridized carbons (Fsp3) is 0.545. The molecule has 1 saturated heterocycles. The predicted octanol–water partition coefficient (Wildman–Crippen LogP) is 2.08. The Labute approximate surface area is 192 Å². The maximum atomic E-state index is 13.2. The summed E-state index contributed by atoms with van der Waals surface area (Å²) >= 11 is 1.59. The van der Waals surface area contributed by atoms with Gasteiger partial charge in [-0.05, 0) is 50.3 Å². The minimum Gasteiger partial charge on any atom is -0.466 e. The maximum absolute atomic E-state index is 13.2. The van der Waals surface area contributed by atoms with Gasteiger partial charge < -0.3 is 20.3 Å². The minimum absolute atomic E-state index is 0.114. The summed E-state index contributed by atoms with van der Waals surface area (Å²) in [7, 11) is 0. The number of benzene rings is 1. The average Bonchev–Trinajstić information content (AvgIpc) is 2.80. The largest absolute Gasteiger partial charge is 0.466 e. The van der Waals surface area contributed by atoms with Crippen LogP contribution in [0.4, 0.5) is 16.2 Å². The number of likely N-dealkylation sites (tertiary alicyclic amines) is 1. The first kappa shape index (κ1) is 23.9. The average molecular weight is 463 g/mol. The van der Waals surface area contributed by atoms with Gasteiger partial charge in [0.05, 0.1) is 23.9 Å². The summed E-state index contributed by atoms with van der Waals surface area (Å²) in [4.78, 5) is 53.4. The third-order valence-corrected chi connectivity index (χ3v) is 6.29. The van der Waals surface area contributed by atoms with Gasteiger partial charge in [0.15, 0.2) is 0 Å². The van der Waals surface area contributed by atoms with Crippen LogP contribution in [0.1, 0.15) is 26.2 Å². The van der Waals surface area contributed by atoms with Crippen LogP contribution in [0.15, 0.2) is 24.3 Å². The van der Waals surface area contributed by atoms with Crippen LogP contribution >= 0.6 is 11.8 Å². The highest BCUT2D eigenvalue weighted by Gasteiger charge is 2.34. The Hall–Kier alpha value is -2.75. The first-order valence-electron chi connectivity index (χ1n) is 10.9. The number of nitrogens with zero attached hydrogens (tertiary/aromatic N) is 2. The molecule has 2 N–H and O–H groups in total. The van der Waals surface area contributed by atoms with Gasteiger partial charge in [-0.15, -0.1) is 0 Å². The fourth-order valence-electron chi connectivity index (χ4n) is 3.95. The van der Waals surface area contributed by atoms with E-state index in [1.54, 1.807) is 47.9 Å². The van der Waals surface area contributed by atoms with Crippen molar-refractivity contribution in [1.29, 1.82) is 0 Å². The third-order valence-electron chi connectivity index (χ3n) is 5.65. The van der Waals surface area contributed by atoms with Gasteiger partial charge in [0.25, 0.3) is 0 Å². The van der Waals surface area contributed by atoms with E-state index in [4.69, 9.17) is 4.74 Å². The Kier molecular flexibility index (Phi) is 8.38. The van der Waals surface area contributed by atoms with Crippen LogP contribution in [0.3, 0.4) is 0 Å². The molecule has 10 heteroatoms. The first-order valence-corrected chi connectivity index (χ1v) is 12.2. The van der Waals surface area contributed by atoms with Crippen LogP contribution in [-0.2, 0) is 19.1 Å². The minimum atomic E-state index is -0.703. The molecule has 2 aliphatic heterocycles. The summed E-state index contributed by atoms with van der Waals surface area (Å²) in [5.74, 6) is -0.153. The van der Waals surface area contributed by atoms with Gasteiger partial charge in [0.1, 0.15) is 12.6 Å². The van der Waals surface area contributed by atoms with Gasteiger partial charge in [-0.3, -0.25) is 19.3 Å². The number of carbonyl (C=O) groups excluding carboxylic acids is 4. The van der Waals surface area contributed by atoms with Gasteiger partial charge in [-0.25, -0.2) is 4.79 Å². The molecule has 2 aliphatic rings. The zero-order chi connectivity index (χ0) is 23.1. The number of ether oxygens (including phenoxy) is 1. The van der Waals surface area contributed by atoms with Gasteiger partial charge >= 0.3 is 12.0 Å². The normalized spacial score (nSPS) is 17.2. The Morgan fingerprint density at radius 2 is 1.97 bits per heavy atom. The number of rotatable bonds is 7. The molecule has 1 aromatic carbocycles. The highest BCUT2D eigenvalue weighted by atomic mass is 32.2. The van der Waals surface area contributed by atoms with E-state index < -0.39 is 12.1 Å². The van der Waals surface area contributed by atoms with E-state index in [1.807, 2.05) is 6.26 Å². The number of urea groups is 1. The summed E-state index contributed by atoms with van der Waals surface area (Å²) in [6, 6.07) is 5.88. The number of carbonyl (C=O) groups is 4. The fourth-order valence-corrected chi connectivity index (χ4v) is 4.42. The standard InChI is InChI=1S/C22H30N4O5S/c1-3-31-21(29)15-8-11-25(12-9-15)20(28)17(10-13-32-2)24-22(30)26-14-19(27)23-16-6-4-5-7-18(16)26/h4-7,15,17H,3,8-14H2,1-2H3,(H,23,27)(H,24,30)/t17-/m1/s1. The van der Waals surface area contributed by atoms with Crippen LogP contribution in [0.25, 0.3) is 0 Å². The van der Waals surface area contributed by atoms with E-state index in [2.05, 4.69) is 10.6 Å². The quantitative estimate of drug-likeness (QED) is 0.601. The Morgan fingerprint density at radius 1 is 1.25 bits per heavy atom. The van der Waals surface area contributed by atoms with E-state index >= 15 is 0 Å². The molecule has 1 fully saturated rings. The van der Waals surface area contributed by atoms with Crippen LogP contribution in [0.2, 0.25) is 0 Å². The summed E-state index contributed by atoms with van der Waals surface area (Å²) in [5, 5.41) is 5.60. The van der Waals surface area contributed by atoms with E-state index in [0.717, 1.165) is 0 Å². The maximum Gasteiger partial charge on any atom is 0.323 e. The van der Waals surface area contributed by atoms with Crippen LogP contribution in [-0.4, -0.2) is 73.0 Å². The Balaban J connectivity index is 1.66. The number of piperidine rings is 1. The topological polar surface area (TPSA) is 108 Å². The van der Waals surface area contributed by atoms with Gasteiger partial charge in [-0.1, -0.05) is 12.1 Å². The Bertz CT molecular complexity index is 856. The van der Waals surface area contributed by atoms with E-state index in [9.17, 15) is 19.2 Å². The van der Waals surface area contributed by atoms with Crippen LogP contribution in [0.5, 0.6) is 0 Å². The molecule has 0 saturated carbocycles. The van der Waals surface area contributed by atoms with E-state index in [-0.39, 0.29) is 30.2 Å². The highest BCUT2D eigenvalue weighted by molar-refractivity contribution is 7.98. The van der Waals surface area contributed by atoms with Crippen molar-refractivity contribution in [2.75, 3.05) is 48.5 Å². The van der Waals surface area contributed by atoms with Crippen molar-refractivity contribution in [3.8, 4) is 0 Å². The van der Waals surface area contributed by atoms with Crippen molar-refractivity contribution < 1.29 is 23.9 Å². The number of fused-ring (bicyclic) bond motifs is 1. The number of para-hydroxylation sites is 2. The van der Waals surface area contributed by atoms with Crippen molar-refractivity contribution in [2.24, 2.45) is 5.92 Å². The van der Waals surface area contributed by atoms with Crippen molar-refractivity contribution in [3.63, 3.8) is 0 Å². The van der Waals surface area contributed by atoms with Crippen molar-refractivity contribution >= 4 is 47.0 Å². The van der Waals surface area contributed by atoms with Crippen molar-refractivity contribution in [2.45, 2.75) is 32.2 Å². The lowest BCUT2D eigenvalue weighted by Gasteiger charge is -2.35. The van der Waals surface area contributed by atoms with E-state index in [1.165, 1.54) is 4.90 Å². The second-order valence-corrected chi connectivity index (χ2v) is 8.77. The number of thioether (sulfide) groups is 1. The van der Waals surface area contributed by atoms with E-state index in [0.29, 0.717) is 56.1 Å². The molecule has 1 aromatic rings. The molecule has 9 nitrogen and oxygen atoms in total. The second kappa shape index (κ2) is 11.2. The molecular formula is C22H30N4O5S. The second-order valence-electron chi connectivity index (χ2n) is 7.79. The lowest BCUT2D eigenvalue weighted by atomic mass is 9.96. The zero-order valence-corrected chi connectivity index (χ0v) is 19.3. The molecule has 1 atom stereocenters. The van der Waals surface area contributed by atoms with Gasteiger partial charge in [0, 0.05) is 13.1 Å². The number of hydrogen-bond acceptors (Lipinski definition) is 6. The number of anilines is 2. The third kappa shape index (κ3) is 5.73. The summed E-state index contributed by atoms with van der Waals surface area (Å²) in [6.07, 6.45) is 3.52. The monoisotopic (exact) mass is 462 g/mol. The van der Waals surface area contributed by atoms with Crippen molar-refractivity contribution in [1.82, 2.24) is 10.2 Å². The molecule has 174 valence electrons. The summed E-state index contributed by atoms with van der Waals surface area (Å²) < 4.78 is 5.09. The molecule has 0 radical (unpaired) electrons. The number of hydrogen-bond donors (Lipinski definition) is 2. The lowest BCUT2D eigenvalue weighted by molar-refractivity contribution is -0.151. The molecule has 0 aromatic heterocycles. The predicted molar refractivity (Wildman–Crippen MR) is 124 cm³/mol. The zero-order valence-electron chi connectivity index (χ0n) is 18.5. The van der Waals surface area contributed by atoms with Crippen molar-refractivity contribution in [3.05, 3.63) is 24.3 Å². The molecular weight excluding hydrogens is 432 g/mol. The first-order chi connectivity index (χ1) is 15.4. The number of nitrogens with one attached hydrogen (secondary N) is 2. The van der Waals surface area contributed by atoms with Crippen LogP contribution < -0.4 is 15.5 Å². The SMILES string of the molecule is CCOC(=O)C1CCN(C(=O)[C@@H](CCSC)NC(=O)N2CC(=O)Nc3ccccc32)CC1. The highest BCUT2D eigenvalue weighted by Crippen LogP contribution is 2.29. The van der Waals surface area contributed by atoms with Gasteiger partial charge in [-0.2, -0.15) is 11.8 Å².